The second kappa shape index (κ2) is 7.29. The molecule has 0 bridgehead atoms. The van der Waals surface area contributed by atoms with Crippen LogP contribution in [0.15, 0.2) is 18.2 Å². The van der Waals surface area contributed by atoms with E-state index < -0.39 is 5.82 Å². The molecule has 0 aromatic heterocycles. The van der Waals surface area contributed by atoms with Gasteiger partial charge in [-0.1, -0.05) is 12.5 Å². The summed E-state index contributed by atoms with van der Waals surface area (Å²) in [5, 5.41) is 12.5. The van der Waals surface area contributed by atoms with E-state index in [0.717, 1.165) is 45.7 Å². The first-order valence-corrected chi connectivity index (χ1v) is 8.50. The van der Waals surface area contributed by atoms with Crippen LogP contribution in [0.25, 0.3) is 0 Å². The van der Waals surface area contributed by atoms with Gasteiger partial charge in [-0.2, -0.15) is 5.26 Å². The number of hydrogen-bond donors (Lipinski definition) is 1. The van der Waals surface area contributed by atoms with Crippen molar-refractivity contribution in [2.45, 2.75) is 37.6 Å². The third-order valence-electron chi connectivity index (χ3n) is 5.18. The molecule has 0 saturated carbocycles. The predicted molar refractivity (Wildman–Crippen MR) is 87.8 cm³/mol. The Morgan fingerprint density at radius 2 is 1.96 bits per heavy atom. The molecule has 0 aliphatic carbocycles. The van der Waals surface area contributed by atoms with Crippen molar-refractivity contribution >= 4 is 5.69 Å². The summed E-state index contributed by atoms with van der Waals surface area (Å²) in [5.74, 6) is -0.462. The summed E-state index contributed by atoms with van der Waals surface area (Å²) in [7, 11) is 0. The number of ether oxygens (including phenoxy) is 1. The summed E-state index contributed by atoms with van der Waals surface area (Å²) >= 11 is 0. The van der Waals surface area contributed by atoms with Gasteiger partial charge < -0.3 is 10.1 Å². The van der Waals surface area contributed by atoms with Gasteiger partial charge in [0.15, 0.2) is 0 Å². The van der Waals surface area contributed by atoms with Crippen molar-refractivity contribution in [3.63, 3.8) is 0 Å². The molecular formula is C18H24FN3O. The molecule has 4 nitrogen and oxygen atoms in total. The van der Waals surface area contributed by atoms with Crippen LogP contribution in [-0.2, 0) is 4.74 Å². The Morgan fingerprint density at radius 1 is 1.22 bits per heavy atom. The molecule has 124 valence electrons. The monoisotopic (exact) mass is 317 g/mol. The first-order chi connectivity index (χ1) is 11.2. The maximum atomic E-state index is 13.8. The molecule has 0 atom stereocenters. The highest BCUT2D eigenvalue weighted by atomic mass is 19.1. The first kappa shape index (κ1) is 16.2. The van der Waals surface area contributed by atoms with Gasteiger partial charge in [0.05, 0.1) is 5.69 Å². The van der Waals surface area contributed by atoms with Gasteiger partial charge in [-0.25, -0.2) is 4.39 Å². The van der Waals surface area contributed by atoms with E-state index in [2.05, 4.69) is 10.2 Å². The molecule has 0 amide bonds. The van der Waals surface area contributed by atoms with Gasteiger partial charge in [0.1, 0.15) is 17.4 Å². The molecule has 0 unspecified atom stereocenters. The zero-order valence-corrected chi connectivity index (χ0v) is 13.5. The number of nitrogens with zero attached hydrogens (tertiary/aromatic N) is 2. The fourth-order valence-electron chi connectivity index (χ4n) is 3.77. The van der Waals surface area contributed by atoms with Gasteiger partial charge in [0, 0.05) is 25.3 Å². The van der Waals surface area contributed by atoms with Crippen molar-refractivity contribution in [2.75, 3.05) is 38.2 Å². The quantitative estimate of drug-likeness (QED) is 0.927. The van der Waals surface area contributed by atoms with Crippen molar-refractivity contribution in [1.82, 2.24) is 4.90 Å². The van der Waals surface area contributed by atoms with E-state index in [0.29, 0.717) is 5.69 Å². The number of anilines is 1. The molecule has 2 aliphatic rings. The summed E-state index contributed by atoms with van der Waals surface area (Å²) in [4.78, 5) is 2.58. The minimum absolute atomic E-state index is 0.0533. The molecule has 0 spiro atoms. The first-order valence-electron chi connectivity index (χ1n) is 8.50. The van der Waals surface area contributed by atoms with Crippen LogP contribution in [0.4, 0.5) is 10.1 Å². The summed E-state index contributed by atoms with van der Waals surface area (Å²) in [6.07, 6.45) is 5.76. The van der Waals surface area contributed by atoms with Crippen LogP contribution in [0.2, 0.25) is 0 Å². The largest absolute Gasteiger partial charge is 0.382 e. The van der Waals surface area contributed by atoms with Crippen LogP contribution in [0.1, 0.15) is 37.7 Å². The van der Waals surface area contributed by atoms with Gasteiger partial charge in [0.25, 0.3) is 0 Å². The number of benzene rings is 1. The smallest absolute Gasteiger partial charge is 0.143 e. The Labute approximate surface area is 137 Å². The van der Waals surface area contributed by atoms with Gasteiger partial charge >= 0.3 is 0 Å². The lowest BCUT2D eigenvalue weighted by Gasteiger charge is -2.48. The molecular weight excluding hydrogens is 293 g/mol. The van der Waals surface area contributed by atoms with E-state index in [1.807, 2.05) is 6.07 Å². The topological polar surface area (TPSA) is 48.3 Å². The third kappa shape index (κ3) is 3.49. The van der Waals surface area contributed by atoms with Crippen LogP contribution in [0.5, 0.6) is 0 Å². The Kier molecular flexibility index (Phi) is 5.14. The minimum Gasteiger partial charge on any atom is -0.382 e. The molecule has 5 heteroatoms. The molecule has 23 heavy (non-hydrogen) atoms. The zero-order chi connectivity index (χ0) is 16.1. The Hall–Kier alpha value is -1.64. The lowest BCUT2D eigenvalue weighted by molar-refractivity contribution is -0.0293. The van der Waals surface area contributed by atoms with E-state index in [1.165, 1.54) is 25.3 Å². The highest BCUT2D eigenvalue weighted by molar-refractivity contribution is 5.58. The van der Waals surface area contributed by atoms with Crippen LogP contribution < -0.4 is 5.32 Å². The number of nitriles is 1. The SMILES string of the molecule is N#Cc1c(F)cccc1NCC1(N2CCCCC2)CCOCC1. The third-order valence-corrected chi connectivity index (χ3v) is 5.18. The fraction of sp³-hybridized carbons (Fsp3) is 0.611. The van der Waals surface area contributed by atoms with Crippen LogP contribution >= 0.6 is 0 Å². The van der Waals surface area contributed by atoms with Crippen molar-refractivity contribution in [2.24, 2.45) is 0 Å². The molecule has 2 heterocycles. The lowest BCUT2D eigenvalue weighted by atomic mass is 9.86. The van der Waals surface area contributed by atoms with Crippen LogP contribution in [0, 0.1) is 17.1 Å². The number of hydrogen-bond acceptors (Lipinski definition) is 4. The standard InChI is InChI=1S/C18H24FN3O/c19-16-5-4-6-17(15(16)13-20)21-14-18(7-11-23-12-8-18)22-9-2-1-3-10-22/h4-6,21H,1-3,7-12,14H2. The summed E-state index contributed by atoms with van der Waals surface area (Å²) in [6.45, 7) is 4.51. The molecule has 1 aromatic carbocycles. The molecule has 1 aromatic rings. The summed E-state index contributed by atoms with van der Waals surface area (Å²) < 4.78 is 19.3. The minimum atomic E-state index is -0.462. The van der Waals surface area contributed by atoms with Crippen LogP contribution in [0.3, 0.4) is 0 Å². The highest BCUT2D eigenvalue weighted by Gasteiger charge is 2.38. The van der Waals surface area contributed by atoms with Gasteiger partial charge in [-0.05, 0) is 50.9 Å². The average molecular weight is 317 g/mol. The number of rotatable bonds is 4. The number of piperidine rings is 1. The van der Waals surface area contributed by atoms with E-state index in [1.54, 1.807) is 12.1 Å². The van der Waals surface area contributed by atoms with Crippen molar-refractivity contribution < 1.29 is 9.13 Å². The summed E-state index contributed by atoms with van der Waals surface area (Å²) in [5.41, 5.74) is 0.751. The van der Waals surface area contributed by atoms with Crippen LogP contribution in [-0.4, -0.2) is 43.3 Å². The van der Waals surface area contributed by atoms with E-state index in [4.69, 9.17) is 4.74 Å². The fourth-order valence-corrected chi connectivity index (χ4v) is 3.77. The highest BCUT2D eigenvalue weighted by Crippen LogP contribution is 2.31. The number of halogens is 1. The predicted octanol–water partition coefficient (Wildman–Crippen LogP) is 3.14. The molecule has 1 N–H and O–H groups in total. The lowest BCUT2D eigenvalue weighted by Crippen LogP contribution is -2.57. The molecule has 3 rings (SSSR count). The second-order valence-electron chi connectivity index (χ2n) is 6.51. The maximum Gasteiger partial charge on any atom is 0.143 e. The molecule has 2 aliphatic heterocycles. The normalized spacial score (nSPS) is 21.6. The average Bonchev–Trinajstić information content (AvgIpc) is 2.61. The van der Waals surface area contributed by atoms with Crippen molar-refractivity contribution in [3.05, 3.63) is 29.6 Å². The maximum absolute atomic E-state index is 13.8. The molecule has 2 saturated heterocycles. The van der Waals surface area contributed by atoms with E-state index in [9.17, 15) is 9.65 Å². The molecule has 0 radical (unpaired) electrons. The zero-order valence-electron chi connectivity index (χ0n) is 13.5. The van der Waals surface area contributed by atoms with E-state index >= 15 is 0 Å². The molecule has 2 fully saturated rings. The van der Waals surface area contributed by atoms with Crippen molar-refractivity contribution in [3.8, 4) is 6.07 Å². The number of likely N-dealkylation sites (tertiary alicyclic amines) is 1. The Balaban J connectivity index is 1.77. The second-order valence-corrected chi connectivity index (χ2v) is 6.51. The summed E-state index contributed by atoms with van der Waals surface area (Å²) in [6, 6.07) is 6.73. The Bertz CT molecular complexity index is 572. The number of nitrogens with one attached hydrogen (secondary N) is 1. The van der Waals surface area contributed by atoms with Gasteiger partial charge in [0.2, 0.25) is 0 Å². The Morgan fingerprint density at radius 3 is 2.65 bits per heavy atom. The van der Waals surface area contributed by atoms with Crippen molar-refractivity contribution in [1.29, 1.82) is 5.26 Å². The van der Waals surface area contributed by atoms with Gasteiger partial charge in [-0.3, -0.25) is 4.90 Å². The van der Waals surface area contributed by atoms with E-state index in [-0.39, 0.29) is 11.1 Å². The van der Waals surface area contributed by atoms with Gasteiger partial charge in [-0.15, -0.1) is 0 Å².